The van der Waals surface area contributed by atoms with Gasteiger partial charge in [-0.3, -0.25) is 0 Å². The van der Waals surface area contributed by atoms with Gasteiger partial charge in [0, 0.05) is 6.04 Å². The van der Waals surface area contributed by atoms with E-state index in [4.69, 9.17) is 0 Å². The Morgan fingerprint density at radius 3 is 2.38 bits per heavy atom. The van der Waals surface area contributed by atoms with Crippen molar-refractivity contribution < 1.29 is 5.11 Å². The number of likely N-dealkylation sites (tertiary alicyclic amines) is 1. The Morgan fingerprint density at radius 2 is 1.66 bits per heavy atom. The summed E-state index contributed by atoms with van der Waals surface area (Å²) in [6, 6.07) is 0.703. The van der Waals surface area contributed by atoms with E-state index in [9.17, 15) is 5.11 Å². The predicted molar refractivity (Wildman–Crippen MR) is 134 cm³/mol. The number of fused-ring (bicyclic) bond motifs is 4. The van der Waals surface area contributed by atoms with E-state index in [1.54, 1.807) is 16.7 Å². The van der Waals surface area contributed by atoms with Crippen LogP contribution in [0.1, 0.15) is 106 Å². The van der Waals surface area contributed by atoms with Crippen LogP contribution in [0, 0.1) is 34.0 Å². The Bertz CT molecular complexity index is 802. The molecule has 0 amide bonds. The number of rotatable bonds is 3. The van der Waals surface area contributed by atoms with E-state index in [0.717, 1.165) is 18.3 Å². The van der Waals surface area contributed by atoms with Crippen LogP contribution in [0.15, 0.2) is 22.8 Å². The molecule has 32 heavy (non-hydrogen) atoms. The van der Waals surface area contributed by atoms with Gasteiger partial charge in [-0.2, -0.15) is 0 Å². The topological polar surface area (TPSA) is 23.5 Å². The van der Waals surface area contributed by atoms with Crippen molar-refractivity contribution in [3.05, 3.63) is 22.8 Å². The van der Waals surface area contributed by atoms with Gasteiger partial charge in [0.15, 0.2) is 0 Å². The molecular formula is C30H49NO. The maximum absolute atomic E-state index is 10.8. The van der Waals surface area contributed by atoms with E-state index in [0.29, 0.717) is 22.8 Å². The van der Waals surface area contributed by atoms with Crippen LogP contribution in [0.5, 0.6) is 0 Å². The summed E-state index contributed by atoms with van der Waals surface area (Å²) in [7, 11) is 0. The van der Waals surface area contributed by atoms with Gasteiger partial charge in [-0.15, -0.1) is 0 Å². The van der Waals surface area contributed by atoms with Crippen molar-refractivity contribution in [3.8, 4) is 0 Å². The Hall–Kier alpha value is -0.600. The van der Waals surface area contributed by atoms with Gasteiger partial charge < -0.3 is 10.0 Å². The molecule has 1 unspecified atom stereocenters. The van der Waals surface area contributed by atoms with Crippen LogP contribution in [0.3, 0.4) is 0 Å². The van der Waals surface area contributed by atoms with Crippen LogP contribution in [-0.4, -0.2) is 35.2 Å². The molecule has 7 atom stereocenters. The number of aliphatic hydroxyl groups excluding tert-OH is 1. The maximum atomic E-state index is 10.8. The summed E-state index contributed by atoms with van der Waals surface area (Å²) >= 11 is 0. The Morgan fingerprint density at radius 1 is 0.938 bits per heavy atom. The average molecular weight is 440 g/mol. The first-order valence-corrected chi connectivity index (χ1v) is 14.0. The van der Waals surface area contributed by atoms with Crippen LogP contribution in [0.25, 0.3) is 0 Å². The molecule has 0 aromatic heterocycles. The fourth-order valence-corrected chi connectivity index (χ4v) is 9.51. The Balaban J connectivity index is 1.42. The molecule has 0 aromatic rings. The summed E-state index contributed by atoms with van der Waals surface area (Å²) in [4.78, 5) is 2.80. The second-order valence-corrected chi connectivity index (χ2v) is 13.4. The summed E-state index contributed by atoms with van der Waals surface area (Å²) in [5, 5.41) is 10.8. The first-order valence-electron chi connectivity index (χ1n) is 14.0. The molecule has 180 valence electrons. The quantitative estimate of drug-likeness (QED) is 0.505. The largest absolute Gasteiger partial charge is 0.393 e. The summed E-state index contributed by atoms with van der Waals surface area (Å²) in [5.41, 5.74) is 6.03. The van der Waals surface area contributed by atoms with Crippen molar-refractivity contribution in [2.75, 3.05) is 13.1 Å². The van der Waals surface area contributed by atoms with E-state index in [1.807, 2.05) is 0 Å². The van der Waals surface area contributed by atoms with Gasteiger partial charge in [0.1, 0.15) is 0 Å². The third-order valence-corrected chi connectivity index (χ3v) is 11.8. The van der Waals surface area contributed by atoms with Crippen molar-refractivity contribution >= 4 is 0 Å². The molecule has 1 heterocycles. The number of nitrogens with zero attached hydrogens (tertiary/aromatic N) is 1. The molecule has 0 radical (unpaired) electrons. The Labute approximate surface area is 197 Å². The highest BCUT2D eigenvalue weighted by molar-refractivity contribution is 5.50. The molecule has 4 aliphatic carbocycles. The third-order valence-electron chi connectivity index (χ3n) is 11.8. The highest BCUT2D eigenvalue weighted by Crippen LogP contribution is 2.66. The van der Waals surface area contributed by atoms with Gasteiger partial charge in [-0.05, 0) is 123 Å². The van der Waals surface area contributed by atoms with E-state index >= 15 is 0 Å². The second-order valence-electron chi connectivity index (χ2n) is 13.4. The lowest BCUT2D eigenvalue weighted by Gasteiger charge is -2.59. The summed E-state index contributed by atoms with van der Waals surface area (Å²) in [5.74, 6) is 2.17. The molecule has 1 aliphatic heterocycles. The molecule has 2 nitrogen and oxygen atoms in total. The number of hydrogen-bond donors (Lipinski definition) is 1. The van der Waals surface area contributed by atoms with E-state index in [1.165, 1.54) is 70.9 Å². The zero-order valence-electron chi connectivity index (χ0n) is 21.8. The minimum Gasteiger partial charge on any atom is -0.393 e. The summed E-state index contributed by atoms with van der Waals surface area (Å²) in [6.07, 6.45) is 15.3. The number of hydrogen-bond acceptors (Lipinski definition) is 2. The van der Waals surface area contributed by atoms with Crippen molar-refractivity contribution in [1.82, 2.24) is 4.90 Å². The van der Waals surface area contributed by atoms with Gasteiger partial charge >= 0.3 is 0 Å². The van der Waals surface area contributed by atoms with Gasteiger partial charge in [0.2, 0.25) is 0 Å². The lowest BCUT2D eigenvalue weighted by Crippen LogP contribution is -2.53. The predicted octanol–water partition coefficient (Wildman–Crippen LogP) is 7.14. The van der Waals surface area contributed by atoms with Crippen molar-refractivity contribution in [2.24, 2.45) is 34.0 Å². The average Bonchev–Trinajstić information content (AvgIpc) is 3.13. The summed E-state index contributed by atoms with van der Waals surface area (Å²) < 4.78 is 0. The fraction of sp³-hybridized carbons (Fsp3) is 0.867. The van der Waals surface area contributed by atoms with Gasteiger partial charge in [0.25, 0.3) is 0 Å². The lowest BCUT2D eigenvalue weighted by molar-refractivity contribution is -0.0906. The molecule has 1 N–H and O–H groups in total. The molecule has 2 heteroatoms. The molecule has 1 saturated heterocycles. The highest BCUT2D eigenvalue weighted by atomic mass is 16.3. The van der Waals surface area contributed by atoms with Crippen LogP contribution in [0.4, 0.5) is 0 Å². The molecule has 5 aliphatic rings. The van der Waals surface area contributed by atoms with Gasteiger partial charge in [-0.25, -0.2) is 0 Å². The second kappa shape index (κ2) is 7.98. The van der Waals surface area contributed by atoms with Crippen molar-refractivity contribution in [3.63, 3.8) is 0 Å². The molecule has 0 spiro atoms. The molecular weight excluding hydrogens is 390 g/mol. The third kappa shape index (κ3) is 3.25. The van der Waals surface area contributed by atoms with Crippen LogP contribution >= 0.6 is 0 Å². The SMILES string of the molecule is CC([C@@H](C)[C@H]1CC=C2C3=C(CC[C@@]21C)[C@@]1(C)CC[C@H](O)C(C)(C)[C@@H]1CC3)N1CCCCC1. The first-order chi connectivity index (χ1) is 15.1. The number of allylic oxidation sites excluding steroid dienone is 4. The smallest absolute Gasteiger partial charge is 0.0594 e. The molecule has 1 saturated carbocycles. The highest BCUT2D eigenvalue weighted by Gasteiger charge is 2.57. The number of piperidine rings is 1. The van der Waals surface area contributed by atoms with Crippen LogP contribution < -0.4 is 0 Å². The fourth-order valence-electron chi connectivity index (χ4n) is 9.51. The molecule has 0 aromatic carbocycles. The maximum Gasteiger partial charge on any atom is 0.0594 e. The standard InChI is InChI=1S/C30H49NO/c1-20(21(2)31-18-8-7-9-19-31)23-11-12-24-22-10-13-26-28(3,4)27(32)15-17-30(26,6)25(22)14-16-29(23,24)5/h12,20-21,23,26-27,32H,7-11,13-19H2,1-6H3/t20-,21?,23-,26+,27+,29-,30-/m1/s1. The number of aliphatic hydroxyl groups is 1. The van der Waals surface area contributed by atoms with E-state index < -0.39 is 0 Å². The van der Waals surface area contributed by atoms with Gasteiger partial charge in [-0.1, -0.05) is 52.7 Å². The molecule has 0 bridgehead atoms. The zero-order valence-corrected chi connectivity index (χ0v) is 21.8. The van der Waals surface area contributed by atoms with E-state index in [-0.39, 0.29) is 11.5 Å². The van der Waals surface area contributed by atoms with Crippen LogP contribution in [-0.2, 0) is 0 Å². The minimum absolute atomic E-state index is 0.0389. The summed E-state index contributed by atoms with van der Waals surface area (Å²) in [6.45, 7) is 17.6. The first kappa shape index (κ1) is 23.2. The monoisotopic (exact) mass is 439 g/mol. The molecule has 5 rings (SSSR count). The lowest BCUT2D eigenvalue weighted by atomic mass is 9.46. The van der Waals surface area contributed by atoms with Crippen molar-refractivity contribution in [1.29, 1.82) is 0 Å². The van der Waals surface area contributed by atoms with Gasteiger partial charge in [0.05, 0.1) is 6.10 Å². The molecule has 2 fully saturated rings. The Kier molecular flexibility index (Phi) is 5.77. The zero-order chi connectivity index (χ0) is 22.9. The normalized spacial score (nSPS) is 43.7. The van der Waals surface area contributed by atoms with E-state index in [2.05, 4.69) is 52.5 Å². The minimum atomic E-state index is -0.135. The van der Waals surface area contributed by atoms with Crippen LogP contribution in [0.2, 0.25) is 0 Å². The van der Waals surface area contributed by atoms with Crippen molar-refractivity contribution in [2.45, 2.75) is 118 Å².